The van der Waals surface area contributed by atoms with Crippen LogP contribution < -0.4 is 5.73 Å². The van der Waals surface area contributed by atoms with E-state index in [0.29, 0.717) is 6.04 Å². The van der Waals surface area contributed by atoms with Crippen molar-refractivity contribution < 1.29 is 0 Å². The van der Waals surface area contributed by atoms with Crippen LogP contribution >= 0.6 is 0 Å². The summed E-state index contributed by atoms with van der Waals surface area (Å²) < 4.78 is 0. The fourth-order valence-electron chi connectivity index (χ4n) is 4.19. The summed E-state index contributed by atoms with van der Waals surface area (Å²) in [6.07, 6.45) is 12.5. The van der Waals surface area contributed by atoms with Crippen LogP contribution in [0.1, 0.15) is 57.8 Å². The first-order valence-corrected chi connectivity index (χ1v) is 7.60. The Morgan fingerprint density at radius 3 is 1.88 bits per heavy atom. The summed E-state index contributed by atoms with van der Waals surface area (Å²) in [6, 6.07) is 1.31. The minimum atomic E-state index is 0.486. The lowest BCUT2D eigenvalue weighted by Crippen LogP contribution is -2.44. The molecule has 2 rings (SSSR count). The zero-order valence-electron chi connectivity index (χ0n) is 11.7. The molecule has 1 unspecified atom stereocenters. The molecule has 0 aromatic heterocycles. The molecule has 100 valence electrons. The van der Waals surface area contributed by atoms with Crippen molar-refractivity contribution in [2.24, 2.45) is 17.6 Å². The SMILES string of the molecule is CN(C)C(C1CCCCC1)C1CCC(N)CC1. The maximum atomic E-state index is 6.04. The molecule has 0 saturated heterocycles. The van der Waals surface area contributed by atoms with Crippen LogP contribution in [0.4, 0.5) is 0 Å². The third-order valence-corrected chi connectivity index (χ3v) is 5.03. The van der Waals surface area contributed by atoms with Gasteiger partial charge in [-0.05, 0) is 64.5 Å². The van der Waals surface area contributed by atoms with Gasteiger partial charge in [-0.2, -0.15) is 0 Å². The van der Waals surface area contributed by atoms with E-state index >= 15 is 0 Å². The minimum absolute atomic E-state index is 0.486. The third-order valence-electron chi connectivity index (χ3n) is 5.03. The lowest BCUT2D eigenvalue weighted by Gasteiger charge is -2.42. The Labute approximate surface area is 107 Å². The van der Waals surface area contributed by atoms with E-state index in [1.807, 2.05) is 0 Å². The molecule has 0 aliphatic heterocycles. The van der Waals surface area contributed by atoms with Crippen LogP contribution in [0.25, 0.3) is 0 Å². The summed E-state index contributed by atoms with van der Waals surface area (Å²) >= 11 is 0. The standard InChI is InChI=1S/C15H30N2/c1-17(2)15(12-6-4-3-5-7-12)13-8-10-14(16)11-9-13/h12-15H,3-11,16H2,1-2H3. The van der Waals surface area contributed by atoms with Gasteiger partial charge in [0.2, 0.25) is 0 Å². The molecule has 0 amide bonds. The van der Waals surface area contributed by atoms with E-state index in [1.165, 1.54) is 57.8 Å². The minimum Gasteiger partial charge on any atom is -0.328 e. The Balaban J connectivity index is 1.95. The smallest absolute Gasteiger partial charge is 0.0146 e. The van der Waals surface area contributed by atoms with Crippen LogP contribution in [0.15, 0.2) is 0 Å². The highest BCUT2D eigenvalue weighted by Gasteiger charge is 2.33. The van der Waals surface area contributed by atoms with Crippen molar-refractivity contribution in [2.75, 3.05) is 14.1 Å². The van der Waals surface area contributed by atoms with Gasteiger partial charge < -0.3 is 10.6 Å². The molecule has 2 fully saturated rings. The Morgan fingerprint density at radius 1 is 0.824 bits per heavy atom. The van der Waals surface area contributed by atoms with E-state index in [-0.39, 0.29) is 0 Å². The average molecular weight is 238 g/mol. The normalized spacial score (nSPS) is 33.9. The van der Waals surface area contributed by atoms with Crippen molar-refractivity contribution in [3.05, 3.63) is 0 Å². The zero-order valence-corrected chi connectivity index (χ0v) is 11.7. The van der Waals surface area contributed by atoms with Crippen LogP contribution in [-0.4, -0.2) is 31.1 Å². The number of hydrogen-bond donors (Lipinski definition) is 1. The van der Waals surface area contributed by atoms with Gasteiger partial charge in [0.05, 0.1) is 0 Å². The summed E-state index contributed by atoms with van der Waals surface area (Å²) in [6.45, 7) is 0. The summed E-state index contributed by atoms with van der Waals surface area (Å²) in [5.74, 6) is 1.87. The second-order valence-corrected chi connectivity index (χ2v) is 6.53. The third kappa shape index (κ3) is 3.45. The Kier molecular flexibility index (Phi) is 4.87. The first kappa shape index (κ1) is 13.4. The first-order valence-electron chi connectivity index (χ1n) is 7.60. The van der Waals surface area contributed by atoms with Gasteiger partial charge in [-0.1, -0.05) is 19.3 Å². The molecule has 2 aliphatic rings. The second-order valence-electron chi connectivity index (χ2n) is 6.53. The van der Waals surface area contributed by atoms with Crippen molar-refractivity contribution in [1.82, 2.24) is 4.90 Å². The van der Waals surface area contributed by atoms with Gasteiger partial charge >= 0.3 is 0 Å². The van der Waals surface area contributed by atoms with E-state index in [0.717, 1.165) is 17.9 Å². The zero-order chi connectivity index (χ0) is 12.3. The molecule has 2 heteroatoms. The number of hydrogen-bond acceptors (Lipinski definition) is 2. The molecule has 0 aromatic carbocycles. The lowest BCUT2D eigenvalue weighted by molar-refractivity contribution is 0.0881. The van der Waals surface area contributed by atoms with Crippen LogP contribution in [0.3, 0.4) is 0 Å². The molecular weight excluding hydrogens is 208 g/mol. The van der Waals surface area contributed by atoms with E-state index in [9.17, 15) is 0 Å². The number of rotatable bonds is 3. The predicted molar refractivity (Wildman–Crippen MR) is 74.0 cm³/mol. The number of nitrogens with zero attached hydrogens (tertiary/aromatic N) is 1. The van der Waals surface area contributed by atoms with E-state index in [2.05, 4.69) is 19.0 Å². The molecule has 0 aromatic rings. The molecule has 0 bridgehead atoms. The molecule has 0 spiro atoms. The van der Waals surface area contributed by atoms with Crippen molar-refractivity contribution >= 4 is 0 Å². The van der Waals surface area contributed by atoms with Crippen molar-refractivity contribution in [1.29, 1.82) is 0 Å². The molecule has 17 heavy (non-hydrogen) atoms. The molecule has 2 saturated carbocycles. The average Bonchev–Trinajstić information content (AvgIpc) is 2.33. The van der Waals surface area contributed by atoms with Crippen LogP contribution in [0.2, 0.25) is 0 Å². The predicted octanol–water partition coefficient (Wildman–Crippen LogP) is 3.01. The van der Waals surface area contributed by atoms with Gasteiger partial charge in [-0.15, -0.1) is 0 Å². The molecule has 0 heterocycles. The van der Waals surface area contributed by atoms with E-state index < -0.39 is 0 Å². The lowest BCUT2D eigenvalue weighted by atomic mass is 9.72. The molecule has 2 nitrogen and oxygen atoms in total. The van der Waals surface area contributed by atoms with Crippen LogP contribution in [0, 0.1) is 11.8 Å². The highest BCUT2D eigenvalue weighted by atomic mass is 15.1. The Bertz CT molecular complexity index is 213. The Morgan fingerprint density at radius 2 is 1.35 bits per heavy atom. The maximum Gasteiger partial charge on any atom is 0.0146 e. The fraction of sp³-hybridized carbons (Fsp3) is 1.00. The van der Waals surface area contributed by atoms with Gasteiger partial charge in [0.25, 0.3) is 0 Å². The first-order chi connectivity index (χ1) is 8.18. The Hall–Kier alpha value is -0.0800. The molecular formula is C15H30N2. The highest BCUT2D eigenvalue weighted by molar-refractivity contribution is 4.88. The highest BCUT2D eigenvalue weighted by Crippen LogP contribution is 2.37. The van der Waals surface area contributed by atoms with Gasteiger partial charge in [0.1, 0.15) is 0 Å². The molecule has 2 N–H and O–H groups in total. The summed E-state index contributed by atoms with van der Waals surface area (Å²) in [4.78, 5) is 2.51. The molecule has 0 radical (unpaired) electrons. The van der Waals surface area contributed by atoms with Crippen molar-refractivity contribution in [3.63, 3.8) is 0 Å². The topological polar surface area (TPSA) is 29.3 Å². The summed E-state index contributed by atoms with van der Waals surface area (Å²) in [5, 5.41) is 0. The van der Waals surface area contributed by atoms with Crippen LogP contribution in [-0.2, 0) is 0 Å². The number of nitrogens with two attached hydrogens (primary N) is 1. The molecule has 1 atom stereocenters. The van der Waals surface area contributed by atoms with Gasteiger partial charge in [-0.25, -0.2) is 0 Å². The largest absolute Gasteiger partial charge is 0.328 e. The maximum absolute atomic E-state index is 6.04. The summed E-state index contributed by atoms with van der Waals surface area (Å²) in [7, 11) is 4.57. The van der Waals surface area contributed by atoms with Crippen LogP contribution in [0.5, 0.6) is 0 Å². The quantitative estimate of drug-likeness (QED) is 0.819. The second kappa shape index (κ2) is 6.19. The van der Waals surface area contributed by atoms with Crippen molar-refractivity contribution in [2.45, 2.75) is 69.9 Å². The molecule has 2 aliphatic carbocycles. The fourth-order valence-corrected chi connectivity index (χ4v) is 4.19. The van der Waals surface area contributed by atoms with Gasteiger partial charge in [0, 0.05) is 12.1 Å². The van der Waals surface area contributed by atoms with Gasteiger partial charge in [-0.3, -0.25) is 0 Å². The van der Waals surface area contributed by atoms with Crippen molar-refractivity contribution in [3.8, 4) is 0 Å². The summed E-state index contributed by atoms with van der Waals surface area (Å²) in [5.41, 5.74) is 6.04. The van der Waals surface area contributed by atoms with E-state index in [4.69, 9.17) is 5.73 Å². The van der Waals surface area contributed by atoms with Gasteiger partial charge in [0.15, 0.2) is 0 Å². The van der Waals surface area contributed by atoms with E-state index in [1.54, 1.807) is 0 Å². The monoisotopic (exact) mass is 238 g/mol.